The molecular weight excluding hydrogens is 647 g/mol. The molecule has 0 N–H and O–H groups in total. The summed E-state index contributed by atoms with van der Waals surface area (Å²) >= 11 is 0. The highest BCUT2D eigenvalue weighted by Gasteiger charge is 2.19. The van der Waals surface area contributed by atoms with E-state index < -0.39 is 0 Å². The van der Waals surface area contributed by atoms with Crippen LogP contribution in [0.4, 0.5) is 0 Å². The Kier molecular flexibility index (Phi) is 7.43. The molecule has 10 aromatic rings. The van der Waals surface area contributed by atoms with Gasteiger partial charge in [0.25, 0.3) is 0 Å². The normalized spacial score (nSPS) is 11.4. The molecule has 0 saturated heterocycles. The molecule has 0 atom stereocenters. The van der Waals surface area contributed by atoms with Gasteiger partial charge in [-0.05, 0) is 68.4 Å². The van der Waals surface area contributed by atoms with Gasteiger partial charge in [-0.25, -0.2) is 15.0 Å². The number of nitrogens with zero attached hydrogens (tertiary/aromatic N) is 3. The third-order valence-electron chi connectivity index (χ3n) is 9.98. The van der Waals surface area contributed by atoms with Crippen molar-refractivity contribution < 1.29 is 4.42 Å². The lowest BCUT2D eigenvalue weighted by Gasteiger charge is -2.13. The molecule has 8 aromatic carbocycles. The van der Waals surface area contributed by atoms with E-state index in [0.29, 0.717) is 17.5 Å². The summed E-state index contributed by atoms with van der Waals surface area (Å²) in [6.45, 7) is 0. The van der Waals surface area contributed by atoms with Crippen LogP contribution >= 0.6 is 0 Å². The van der Waals surface area contributed by atoms with Crippen LogP contribution in [0.3, 0.4) is 0 Å². The van der Waals surface area contributed by atoms with Crippen LogP contribution in [-0.4, -0.2) is 15.0 Å². The zero-order chi connectivity index (χ0) is 35.1. The number of furan rings is 1. The Bertz CT molecular complexity index is 2930. The Morgan fingerprint density at radius 2 is 0.774 bits per heavy atom. The smallest absolute Gasteiger partial charge is 0.167 e. The first kappa shape index (κ1) is 30.6. The van der Waals surface area contributed by atoms with E-state index in [9.17, 15) is 0 Å². The minimum atomic E-state index is 0.561. The highest BCUT2D eigenvalue weighted by molar-refractivity contribution is 6.09. The maximum absolute atomic E-state index is 6.47. The first-order valence-electron chi connectivity index (χ1n) is 17.8. The highest BCUT2D eigenvalue weighted by Crippen LogP contribution is 2.38. The van der Waals surface area contributed by atoms with Crippen LogP contribution in [-0.2, 0) is 0 Å². The van der Waals surface area contributed by atoms with E-state index in [4.69, 9.17) is 19.4 Å². The topological polar surface area (TPSA) is 51.8 Å². The highest BCUT2D eigenvalue weighted by atomic mass is 16.3. The summed E-state index contributed by atoms with van der Waals surface area (Å²) in [7, 11) is 0. The lowest BCUT2D eigenvalue weighted by Crippen LogP contribution is -2.01. The lowest BCUT2D eigenvalue weighted by molar-refractivity contribution is 0.669. The summed E-state index contributed by atoms with van der Waals surface area (Å²) in [6, 6.07) is 65.2. The quantitative estimate of drug-likeness (QED) is 0.176. The van der Waals surface area contributed by atoms with E-state index in [0.717, 1.165) is 60.5 Å². The number of hydrogen-bond acceptors (Lipinski definition) is 4. The van der Waals surface area contributed by atoms with Crippen LogP contribution in [0.5, 0.6) is 0 Å². The maximum Gasteiger partial charge on any atom is 0.167 e. The Hall–Kier alpha value is -7.17. The molecule has 4 nitrogen and oxygen atoms in total. The Balaban J connectivity index is 1.14. The minimum Gasteiger partial charge on any atom is -0.455 e. The van der Waals surface area contributed by atoms with Crippen molar-refractivity contribution in [3.05, 3.63) is 188 Å². The fourth-order valence-corrected chi connectivity index (χ4v) is 7.35. The van der Waals surface area contributed by atoms with Crippen LogP contribution in [0.2, 0.25) is 0 Å². The molecule has 0 aliphatic heterocycles. The van der Waals surface area contributed by atoms with Gasteiger partial charge in [-0.15, -0.1) is 0 Å². The monoisotopic (exact) mass is 677 g/mol. The number of benzene rings is 8. The molecule has 248 valence electrons. The van der Waals surface area contributed by atoms with Crippen molar-refractivity contribution in [3.8, 4) is 67.5 Å². The van der Waals surface area contributed by atoms with Crippen molar-refractivity contribution in [2.24, 2.45) is 0 Å². The van der Waals surface area contributed by atoms with Gasteiger partial charge < -0.3 is 4.42 Å². The summed E-state index contributed by atoms with van der Waals surface area (Å²) in [5.74, 6) is 1.76. The Morgan fingerprint density at radius 3 is 1.51 bits per heavy atom. The molecule has 0 spiro atoms. The van der Waals surface area contributed by atoms with Crippen molar-refractivity contribution in [1.29, 1.82) is 0 Å². The SMILES string of the molecule is c1ccc(-c2cccc(-c3ccc(-c4nc(-c5ccc(-c6ccccc6)c6ccccc56)nc(-c5cccc6c5oc5ccccc56)n4)cc3)c2)cc1. The van der Waals surface area contributed by atoms with Gasteiger partial charge in [0, 0.05) is 21.9 Å². The van der Waals surface area contributed by atoms with Crippen LogP contribution in [0.25, 0.3) is 100 Å². The molecule has 10 rings (SSSR count). The van der Waals surface area contributed by atoms with Gasteiger partial charge in [0.15, 0.2) is 17.5 Å². The van der Waals surface area contributed by atoms with Crippen molar-refractivity contribution in [2.45, 2.75) is 0 Å². The van der Waals surface area contributed by atoms with E-state index in [1.165, 1.54) is 22.3 Å². The molecule has 0 bridgehead atoms. The number of aromatic nitrogens is 3. The molecule has 0 unspecified atom stereocenters. The lowest BCUT2D eigenvalue weighted by atomic mass is 9.94. The minimum absolute atomic E-state index is 0.561. The van der Waals surface area contributed by atoms with E-state index in [-0.39, 0.29) is 0 Å². The first-order valence-corrected chi connectivity index (χ1v) is 17.8. The fourth-order valence-electron chi connectivity index (χ4n) is 7.35. The number of fused-ring (bicyclic) bond motifs is 4. The zero-order valence-corrected chi connectivity index (χ0v) is 28.6. The average molecular weight is 678 g/mol. The molecule has 0 amide bonds. The summed E-state index contributed by atoms with van der Waals surface area (Å²) in [5, 5.41) is 4.31. The second kappa shape index (κ2) is 12.9. The summed E-state index contributed by atoms with van der Waals surface area (Å²) in [4.78, 5) is 15.5. The van der Waals surface area contributed by atoms with E-state index >= 15 is 0 Å². The third kappa shape index (κ3) is 5.54. The number of para-hydroxylation sites is 2. The molecule has 4 heteroatoms. The van der Waals surface area contributed by atoms with Crippen molar-refractivity contribution in [3.63, 3.8) is 0 Å². The zero-order valence-electron chi connectivity index (χ0n) is 28.6. The second-order valence-corrected chi connectivity index (χ2v) is 13.2. The van der Waals surface area contributed by atoms with E-state index in [2.05, 4.69) is 146 Å². The molecule has 0 fully saturated rings. The van der Waals surface area contributed by atoms with Crippen LogP contribution in [0, 0.1) is 0 Å². The van der Waals surface area contributed by atoms with E-state index in [1.54, 1.807) is 0 Å². The number of hydrogen-bond donors (Lipinski definition) is 0. The molecule has 53 heavy (non-hydrogen) atoms. The van der Waals surface area contributed by atoms with Gasteiger partial charge in [0.1, 0.15) is 11.2 Å². The first-order chi connectivity index (χ1) is 26.3. The van der Waals surface area contributed by atoms with Gasteiger partial charge in [0.05, 0.1) is 5.56 Å². The van der Waals surface area contributed by atoms with Gasteiger partial charge in [-0.3, -0.25) is 0 Å². The predicted molar refractivity (Wildman–Crippen MR) is 217 cm³/mol. The van der Waals surface area contributed by atoms with Crippen LogP contribution in [0.15, 0.2) is 192 Å². The van der Waals surface area contributed by atoms with Gasteiger partial charge in [-0.1, -0.05) is 164 Å². The molecule has 2 heterocycles. The average Bonchev–Trinajstić information content (AvgIpc) is 3.63. The van der Waals surface area contributed by atoms with Crippen molar-refractivity contribution in [2.75, 3.05) is 0 Å². The second-order valence-electron chi connectivity index (χ2n) is 13.2. The molecule has 0 saturated carbocycles. The van der Waals surface area contributed by atoms with Gasteiger partial charge >= 0.3 is 0 Å². The van der Waals surface area contributed by atoms with Crippen LogP contribution in [0.1, 0.15) is 0 Å². The molecule has 0 radical (unpaired) electrons. The Labute approximate surface area is 306 Å². The van der Waals surface area contributed by atoms with Crippen molar-refractivity contribution >= 4 is 32.7 Å². The van der Waals surface area contributed by atoms with E-state index in [1.807, 2.05) is 42.5 Å². The standard InChI is InChI=1S/C49H31N3O/c1-3-13-32(14-4-1)36-17-11-18-37(31-36)33-25-27-35(28-26-33)47-50-48(43-30-29-38(34-15-5-2-6-16-34)39-19-7-8-20-40(39)43)52-49(51-47)44-23-12-22-42-41-21-9-10-24-45(41)53-46(42)44/h1-31H. The summed E-state index contributed by atoms with van der Waals surface area (Å²) < 4.78 is 6.47. The maximum atomic E-state index is 6.47. The molecular formula is C49H31N3O. The number of rotatable bonds is 6. The predicted octanol–water partition coefficient (Wildman–Crippen LogP) is 12.9. The fraction of sp³-hybridized carbons (Fsp3) is 0. The third-order valence-corrected chi connectivity index (χ3v) is 9.98. The van der Waals surface area contributed by atoms with Gasteiger partial charge in [-0.2, -0.15) is 0 Å². The molecule has 2 aromatic heterocycles. The van der Waals surface area contributed by atoms with Crippen molar-refractivity contribution in [1.82, 2.24) is 15.0 Å². The molecule has 0 aliphatic rings. The Morgan fingerprint density at radius 1 is 0.283 bits per heavy atom. The largest absolute Gasteiger partial charge is 0.455 e. The van der Waals surface area contributed by atoms with Gasteiger partial charge in [0.2, 0.25) is 0 Å². The molecule has 0 aliphatic carbocycles. The van der Waals surface area contributed by atoms with Crippen LogP contribution < -0.4 is 0 Å². The summed E-state index contributed by atoms with van der Waals surface area (Å²) in [6.07, 6.45) is 0. The summed E-state index contributed by atoms with van der Waals surface area (Å²) in [5.41, 5.74) is 11.2.